The number of non-ortho nitro benzene ring substituents is 1. The molecule has 2 rings (SSSR count). The Morgan fingerprint density at radius 2 is 2.10 bits per heavy atom. The fraction of sp³-hybridized carbons (Fsp3) is 0.353. The first-order valence-electron chi connectivity index (χ1n) is 7.18. The summed E-state index contributed by atoms with van der Waals surface area (Å²) < 4.78 is 0. The summed E-state index contributed by atoms with van der Waals surface area (Å²) in [7, 11) is 0. The van der Waals surface area contributed by atoms with E-state index in [0.29, 0.717) is 11.3 Å². The molecule has 1 aromatic heterocycles. The number of hydrogen-bond acceptors (Lipinski definition) is 3. The summed E-state index contributed by atoms with van der Waals surface area (Å²) in [5, 5.41) is 12.6. The van der Waals surface area contributed by atoms with Crippen LogP contribution in [0.15, 0.2) is 36.0 Å². The van der Waals surface area contributed by atoms with Gasteiger partial charge in [-0.2, -0.15) is 0 Å². The van der Waals surface area contributed by atoms with Gasteiger partial charge in [0, 0.05) is 17.6 Å². The van der Waals surface area contributed by atoms with Gasteiger partial charge in [-0.25, -0.2) is 0 Å². The van der Waals surface area contributed by atoms with Crippen LogP contribution in [0.2, 0.25) is 0 Å². The molecule has 2 aromatic rings. The van der Waals surface area contributed by atoms with Gasteiger partial charge >= 0.3 is 0 Å². The van der Waals surface area contributed by atoms with E-state index in [-0.39, 0.29) is 10.6 Å². The molecule has 1 aromatic carbocycles. The third-order valence-electron chi connectivity index (χ3n) is 3.51. The van der Waals surface area contributed by atoms with Crippen molar-refractivity contribution in [2.24, 2.45) is 5.92 Å². The average molecular weight is 284 g/mol. The van der Waals surface area contributed by atoms with Crippen molar-refractivity contribution in [1.82, 2.24) is 4.98 Å². The minimum absolute atomic E-state index is 0.129. The van der Waals surface area contributed by atoms with Gasteiger partial charge in [0.05, 0.1) is 16.0 Å². The molecule has 0 aliphatic heterocycles. The van der Waals surface area contributed by atoms with Crippen LogP contribution in [0.4, 0.5) is 5.69 Å². The zero-order valence-electron chi connectivity index (χ0n) is 12.7. The Bertz CT molecular complexity index is 690. The van der Waals surface area contributed by atoms with E-state index in [4.69, 9.17) is 0 Å². The molecule has 0 saturated heterocycles. The molecule has 0 N–H and O–H groups in total. The maximum absolute atomic E-state index is 11.1. The highest BCUT2D eigenvalue weighted by Crippen LogP contribution is 2.28. The molecule has 0 aliphatic carbocycles. The van der Waals surface area contributed by atoms with Gasteiger partial charge in [0.2, 0.25) is 0 Å². The Morgan fingerprint density at radius 1 is 1.33 bits per heavy atom. The molecule has 0 atom stereocenters. The Balaban J connectivity index is 2.43. The first kappa shape index (κ1) is 15.2. The number of nitro groups is 1. The fourth-order valence-electron chi connectivity index (χ4n) is 2.31. The molecule has 0 amide bonds. The number of benzene rings is 1. The fourth-order valence-corrected chi connectivity index (χ4v) is 2.31. The maximum atomic E-state index is 11.1. The van der Waals surface area contributed by atoms with Crippen molar-refractivity contribution >= 4 is 22.5 Å². The largest absolute Gasteiger partial charge is 0.277 e. The molecule has 0 radical (unpaired) electrons. The number of hydrogen-bond donors (Lipinski definition) is 0. The summed E-state index contributed by atoms with van der Waals surface area (Å²) in [6.45, 7) is 6.49. The highest BCUT2D eigenvalue weighted by Gasteiger charge is 2.12. The zero-order valence-corrected chi connectivity index (χ0v) is 12.7. The number of nitrogens with zero attached hydrogens (tertiary/aromatic N) is 2. The van der Waals surface area contributed by atoms with E-state index < -0.39 is 0 Å². The molecule has 4 heteroatoms. The van der Waals surface area contributed by atoms with Gasteiger partial charge in [0.15, 0.2) is 0 Å². The molecule has 0 saturated carbocycles. The number of allylic oxidation sites excluding steroid dienone is 1. The first-order chi connectivity index (χ1) is 9.99. The van der Waals surface area contributed by atoms with Crippen LogP contribution >= 0.6 is 0 Å². The lowest BCUT2D eigenvalue weighted by atomic mass is 10.0. The summed E-state index contributed by atoms with van der Waals surface area (Å²) >= 11 is 0. The molecule has 0 fully saturated rings. The molecule has 4 nitrogen and oxygen atoms in total. The summed E-state index contributed by atoms with van der Waals surface area (Å²) in [6.07, 6.45) is 5.82. The lowest BCUT2D eigenvalue weighted by Crippen LogP contribution is -1.92. The predicted molar refractivity (Wildman–Crippen MR) is 86.1 cm³/mol. The van der Waals surface area contributed by atoms with Crippen molar-refractivity contribution in [2.75, 3.05) is 0 Å². The SMILES string of the molecule is C/C(=C\c1nccc2c([N+](=O)[O-])cccc12)CCC(C)C. The smallest absolute Gasteiger partial charge is 0.258 e. The van der Waals surface area contributed by atoms with E-state index in [2.05, 4.69) is 25.8 Å². The topological polar surface area (TPSA) is 56.0 Å². The minimum Gasteiger partial charge on any atom is -0.258 e. The van der Waals surface area contributed by atoms with Crippen molar-refractivity contribution in [3.05, 3.63) is 51.8 Å². The molecule has 0 spiro atoms. The predicted octanol–water partition coefficient (Wildman–Crippen LogP) is 4.98. The van der Waals surface area contributed by atoms with Gasteiger partial charge in [-0.15, -0.1) is 0 Å². The van der Waals surface area contributed by atoms with Gasteiger partial charge in [-0.3, -0.25) is 15.1 Å². The third kappa shape index (κ3) is 3.66. The van der Waals surface area contributed by atoms with Crippen molar-refractivity contribution < 1.29 is 4.92 Å². The molecular formula is C17H20N2O2. The van der Waals surface area contributed by atoms with Crippen LogP contribution in [0.5, 0.6) is 0 Å². The minimum atomic E-state index is -0.346. The first-order valence-corrected chi connectivity index (χ1v) is 7.18. The van der Waals surface area contributed by atoms with Crippen molar-refractivity contribution in [3.63, 3.8) is 0 Å². The standard InChI is InChI=1S/C17H20N2O2/c1-12(2)7-8-13(3)11-16-14-5-4-6-17(19(20)21)15(14)9-10-18-16/h4-6,9-12H,7-8H2,1-3H3/b13-11+. The second-order valence-corrected chi connectivity index (χ2v) is 5.75. The molecule has 1 heterocycles. The summed E-state index contributed by atoms with van der Waals surface area (Å²) in [5.41, 5.74) is 2.18. The van der Waals surface area contributed by atoms with Crippen LogP contribution in [0.25, 0.3) is 16.8 Å². The van der Waals surface area contributed by atoms with E-state index in [0.717, 1.165) is 23.9 Å². The number of aromatic nitrogens is 1. The maximum Gasteiger partial charge on any atom is 0.277 e. The van der Waals surface area contributed by atoms with E-state index in [1.807, 2.05) is 12.1 Å². The number of pyridine rings is 1. The average Bonchev–Trinajstić information content (AvgIpc) is 2.44. The van der Waals surface area contributed by atoms with Crippen LogP contribution in [-0.2, 0) is 0 Å². The van der Waals surface area contributed by atoms with E-state index in [1.165, 1.54) is 11.6 Å². The zero-order chi connectivity index (χ0) is 15.4. The van der Waals surface area contributed by atoms with Crippen LogP contribution < -0.4 is 0 Å². The van der Waals surface area contributed by atoms with Crippen LogP contribution in [0, 0.1) is 16.0 Å². The summed E-state index contributed by atoms with van der Waals surface area (Å²) in [6, 6.07) is 6.83. The van der Waals surface area contributed by atoms with Crippen LogP contribution in [-0.4, -0.2) is 9.91 Å². The van der Waals surface area contributed by atoms with E-state index >= 15 is 0 Å². The Morgan fingerprint density at radius 3 is 2.76 bits per heavy atom. The lowest BCUT2D eigenvalue weighted by Gasteiger charge is -2.06. The number of nitro benzene ring substituents is 1. The van der Waals surface area contributed by atoms with Crippen LogP contribution in [0.1, 0.15) is 39.3 Å². The highest BCUT2D eigenvalue weighted by atomic mass is 16.6. The molecule has 0 aliphatic rings. The van der Waals surface area contributed by atoms with Gasteiger partial charge in [0.1, 0.15) is 0 Å². The Kier molecular flexibility index (Phi) is 4.68. The summed E-state index contributed by atoms with van der Waals surface area (Å²) in [4.78, 5) is 15.1. The van der Waals surface area contributed by atoms with Crippen LogP contribution in [0.3, 0.4) is 0 Å². The molecule has 110 valence electrons. The molecular weight excluding hydrogens is 264 g/mol. The molecule has 0 bridgehead atoms. The van der Waals surface area contributed by atoms with Gasteiger partial charge in [-0.1, -0.05) is 31.6 Å². The monoisotopic (exact) mass is 284 g/mol. The quantitative estimate of drug-likeness (QED) is 0.574. The van der Waals surface area contributed by atoms with Crippen molar-refractivity contribution in [1.29, 1.82) is 0 Å². The Hall–Kier alpha value is -2.23. The second kappa shape index (κ2) is 6.48. The molecule has 21 heavy (non-hydrogen) atoms. The van der Waals surface area contributed by atoms with Gasteiger partial charge < -0.3 is 0 Å². The highest BCUT2D eigenvalue weighted by molar-refractivity contribution is 5.95. The molecule has 0 unspecified atom stereocenters. The summed E-state index contributed by atoms with van der Waals surface area (Å²) in [5.74, 6) is 0.662. The Labute approximate surface area is 124 Å². The van der Waals surface area contributed by atoms with E-state index in [9.17, 15) is 10.1 Å². The second-order valence-electron chi connectivity index (χ2n) is 5.75. The normalized spacial score (nSPS) is 12.1. The third-order valence-corrected chi connectivity index (χ3v) is 3.51. The van der Waals surface area contributed by atoms with E-state index in [1.54, 1.807) is 18.3 Å². The number of fused-ring (bicyclic) bond motifs is 1. The van der Waals surface area contributed by atoms with Gasteiger partial charge in [0.25, 0.3) is 5.69 Å². The van der Waals surface area contributed by atoms with Crippen molar-refractivity contribution in [3.8, 4) is 0 Å². The lowest BCUT2D eigenvalue weighted by molar-refractivity contribution is -0.383. The number of rotatable bonds is 5. The van der Waals surface area contributed by atoms with Gasteiger partial charge in [-0.05, 0) is 37.8 Å². The van der Waals surface area contributed by atoms with Crippen molar-refractivity contribution in [2.45, 2.75) is 33.6 Å².